The number of hydrogen-bond donors (Lipinski definition) is 2. The molecule has 0 saturated heterocycles. The molecule has 1 spiro atoms. The largest absolute Gasteiger partial charge is 0.467 e. The Morgan fingerprint density at radius 3 is 2.96 bits per heavy atom. The number of nitrogens with one attached hydrogen (secondary N) is 2. The summed E-state index contributed by atoms with van der Waals surface area (Å²) >= 11 is 1.49. The van der Waals surface area contributed by atoms with Crippen molar-refractivity contribution in [2.45, 2.75) is 38.3 Å². The molecule has 2 N–H and O–H groups in total. The number of rotatable bonds is 2. The highest BCUT2D eigenvalue weighted by atomic mass is 32.1. The molecule has 6 nitrogen and oxygen atoms in total. The zero-order valence-electron chi connectivity index (χ0n) is 15.0. The van der Waals surface area contributed by atoms with Gasteiger partial charge in [0.05, 0.1) is 5.56 Å². The number of nitrogens with zero attached hydrogens (tertiary/aromatic N) is 1. The third-order valence-corrected chi connectivity index (χ3v) is 6.98. The maximum Gasteiger partial charge on any atom is 0.258 e. The summed E-state index contributed by atoms with van der Waals surface area (Å²) in [5, 5.41) is 6.76. The number of para-hydroxylation sites is 1. The molecule has 0 unspecified atom stereocenters. The van der Waals surface area contributed by atoms with E-state index in [-0.39, 0.29) is 29.6 Å². The highest BCUT2D eigenvalue weighted by Gasteiger charge is 2.57. The third kappa shape index (κ3) is 2.72. The number of aryl methyl sites for hydroxylation is 1. The van der Waals surface area contributed by atoms with E-state index in [1.807, 2.05) is 25.1 Å². The number of benzene rings is 1. The predicted molar refractivity (Wildman–Crippen MR) is 102 cm³/mol. The molecular formula is C20H21N3O3S. The SMILES string of the molecule is Cc1cnc(NC(=O)[C@@H]2C[C@H]3CC[C@H]2C[C@@]32NC(=O)c3ccccc3O2)s1. The summed E-state index contributed by atoms with van der Waals surface area (Å²) in [5.41, 5.74) is -0.0962. The molecule has 27 heavy (non-hydrogen) atoms. The molecular weight excluding hydrogens is 362 g/mol. The molecule has 2 bridgehead atoms. The maximum absolute atomic E-state index is 12.8. The molecule has 6 rings (SSSR count). The monoisotopic (exact) mass is 383 g/mol. The van der Waals surface area contributed by atoms with E-state index in [1.165, 1.54) is 11.3 Å². The summed E-state index contributed by atoms with van der Waals surface area (Å²) in [6.45, 7) is 1.97. The topological polar surface area (TPSA) is 80.3 Å². The van der Waals surface area contributed by atoms with Gasteiger partial charge < -0.3 is 15.4 Å². The summed E-state index contributed by atoms with van der Waals surface area (Å²) in [7, 11) is 0. The number of amides is 2. The van der Waals surface area contributed by atoms with Crippen LogP contribution in [0, 0.1) is 24.7 Å². The molecule has 4 atom stereocenters. The van der Waals surface area contributed by atoms with Gasteiger partial charge in [-0.05, 0) is 44.2 Å². The highest BCUT2D eigenvalue weighted by Crippen LogP contribution is 2.52. The Kier molecular flexibility index (Phi) is 3.75. The van der Waals surface area contributed by atoms with Crippen molar-refractivity contribution in [2.75, 3.05) is 5.32 Å². The molecule has 3 aliphatic carbocycles. The van der Waals surface area contributed by atoms with Crippen molar-refractivity contribution < 1.29 is 14.3 Å². The predicted octanol–water partition coefficient (Wildman–Crippen LogP) is 3.34. The fourth-order valence-corrected chi connectivity index (χ4v) is 5.56. The van der Waals surface area contributed by atoms with Gasteiger partial charge in [0.2, 0.25) is 5.91 Å². The molecule has 3 fully saturated rings. The lowest BCUT2D eigenvalue weighted by atomic mass is 9.60. The number of aromatic nitrogens is 1. The van der Waals surface area contributed by atoms with Gasteiger partial charge in [0.15, 0.2) is 10.9 Å². The number of hydrogen-bond acceptors (Lipinski definition) is 5. The molecule has 2 heterocycles. The van der Waals surface area contributed by atoms with Gasteiger partial charge in [-0.15, -0.1) is 11.3 Å². The van der Waals surface area contributed by atoms with Gasteiger partial charge in [-0.1, -0.05) is 12.1 Å². The summed E-state index contributed by atoms with van der Waals surface area (Å²) in [4.78, 5) is 30.8. The molecule has 1 aromatic heterocycles. The Morgan fingerprint density at radius 2 is 2.22 bits per heavy atom. The zero-order chi connectivity index (χ0) is 18.6. The van der Waals surface area contributed by atoms with Crippen LogP contribution < -0.4 is 15.4 Å². The van der Waals surface area contributed by atoms with Crippen molar-refractivity contribution in [2.24, 2.45) is 17.8 Å². The van der Waals surface area contributed by atoms with Crippen LogP contribution in [0.5, 0.6) is 5.75 Å². The second-order valence-corrected chi connectivity index (χ2v) is 9.02. The molecule has 7 heteroatoms. The van der Waals surface area contributed by atoms with E-state index in [2.05, 4.69) is 15.6 Å². The van der Waals surface area contributed by atoms with Crippen LogP contribution in [0.1, 0.15) is 40.9 Å². The Balaban J connectivity index is 1.36. The van der Waals surface area contributed by atoms with Crippen molar-refractivity contribution in [1.29, 1.82) is 0 Å². The summed E-state index contributed by atoms with van der Waals surface area (Å²) in [6.07, 6.45) is 5.12. The van der Waals surface area contributed by atoms with Crippen LogP contribution in [0.15, 0.2) is 30.5 Å². The van der Waals surface area contributed by atoms with Gasteiger partial charge in [-0.25, -0.2) is 4.98 Å². The van der Waals surface area contributed by atoms with E-state index >= 15 is 0 Å². The van der Waals surface area contributed by atoms with E-state index in [0.29, 0.717) is 22.9 Å². The minimum absolute atomic E-state index is 0.0384. The molecule has 2 aromatic rings. The lowest BCUT2D eigenvalue weighted by molar-refractivity contribution is -0.142. The quantitative estimate of drug-likeness (QED) is 0.833. The normalized spacial score (nSPS) is 31.1. The fraction of sp³-hybridized carbons (Fsp3) is 0.450. The van der Waals surface area contributed by atoms with Crippen molar-refractivity contribution in [1.82, 2.24) is 10.3 Å². The smallest absolute Gasteiger partial charge is 0.258 e. The Bertz CT molecular complexity index is 927. The Labute approximate surface area is 161 Å². The van der Waals surface area contributed by atoms with Crippen molar-refractivity contribution in [3.05, 3.63) is 40.9 Å². The third-order valence-electron chi connectivity index (χ3n) is 6.16. The van der Waals surface area contributed by atoms with Gasteiger partial charge in [0.1, 0.15) is 5.75 Å². The maximum atomic E-state index is 12.8. The first kappa shape index (κ1) is 16.7. The number of thiazole rings is 1. The second-order valence-electron chi connectivity index (χ2n) is 7.79. The number of ether oxygens (including phenoxy) is 1. The minimum Gasteiger partial charge on any atom is -0.467 e. The van der Waals surface area contributed by atoms with Gasteiger partial charge >= 0.3 is 0 Å². The van der Waals surface area contributed by atoms with E-state index in [1.54, 1.807) is 12.3 Å². The van der Waals surface area contributed by atoms with Crippen LogP contribution in [0.25, 0.3) is 0 Å². The molecule has 140 valence electrons. The Hall–Kier alpha value is -2.41. The summed E-state index contributed by atoms with van der Waals surface area (Å²) in [5.74, 6) is 0.875. The van der Waals surface area contributed by atoms with E-state index in [9.17, 15) is 9.59 Å². The van der Waals surface area contributed by atoms with Gasteiger partial charge in [0.25, 0.3) is 5.91 Å². The number of carbonyl (C=O) groups excluding carboxylic acids is 2. The summed E-state index contributed by atoms with van der Waals surface area (Å²) < 4.78 is 6.34. The van der Waals surface area contributed by atoms with Crippen LogP contribution >= 0.6 is 11.3 Å². The second kappa shape index (κ2) is 6.05. The fourth-order valence-electron chi connectivity index (χ4n) is 4.89. The average molecular weight is 383 g/mol. The van der Waals surface area contributed by atoms with E-state index < -0.39 is 5.72 Å². The average Bonchev–Trinajstić information content (AvgIpc) is 3.06. The first-order valence-corrected chi connectivity index (χ1v) is 10.2. The van der Waals surface area contributed by atoms with Gasteiger partial charge in [-0.3, -0.25) is 9.59 Å². The lowest BCUT2D eigenvalue weighted by Gasteiger charge is -2.55. The Morgan fingerprint density at radius 1 is 1.37 bits per heavy atom. The van der Waals surface area contributed by atoms with Crippen LogP contribution in [-0.2, 0) is 4.79 Å². The van der Waals surface area contributed by atoms with Crippen LogP contribution in [-0.4, -0.2) is 22.5 Å². The molecule has 3 saturated carbocycles. The first-order chi connectivity index (χ1) is 13.0. The molecule has 4 aliphatic rings. The number of fused-ring (bicyclic) bond motifs is 3. The van der Waals surface area contributed by atoms with Gasteiger partial charge in [-0.2, -0.15) is 0 Å². The van der Waals surface area contributed by atoms with Crippen molar-refractivity contribution in [3.8, 4) is 5.75 Å². The van der Waals surface area contributed by atoms with Crippen LogP contribution in [0.2, 0.25) is 0 Å². The highest BCUT2D eigenvalue weighted by molar-refractivity contribution is 7.15. The lowest BCUT2D eigenvalue weighted by Crippen LogP contribution is -2.66. The van der Waals surface area contributed by atoms with E-state index in [4.69, 9.17) is 4.74 Å². The molecule has 1 aliphatic heterocycles. The minimum atomic E-state index is -0.678. The first-order valence-electron chi connectivity index (χ1n) is 9.38. The van der Waals surface area contributed by atoms with Crippen LogP contribution in [0.3, 0.4) is 0 Å². The molecule has 1 aromatic carbocycles. The van der Waals surface area contributed by atoms with Crippen molar-refractivity contribution in [3.63, 3.8) is 0 Å². The van der Waals surface area contributed by atoms with Crippen LogP contribution in [0.4, 0.5) is 5.13 Å². The number of carbonyl (C=O) groups is 2. The number of anilines is 1. The summed E-state index contributed by atoms with van der Waals surface area (Å²) in [6, 6.07) is 7.37. The van der Waals surface area contributed by atoms with Gasteiger partial charge in [0, 0.05) is 29.3 Å². The standard InChI is InChI=1S/C20H21N3O3S/c1-11-10-21-19(27-11)22-17(24)15-8-13-7-6-12(15)9-20(13)23-18(25)14-4-2-3-5-16(14)26-20/h2-5,10,12-13,15H,6-9H2,1H3,(H,23,25)(H,21,22,24)/t12-,13+,15+,20-/m0/s1. The van der Waals surface area contributed by atoms with E-state index in [0.717, 1.165) is 24.1 Å². The van der Waals surface area contributed by atoms with Crippen molar-refractivity contribution >= 4 is 28.3 Å². The molecule has 2 amide bonds. The molecule has 0 radical (unpaired) electrons. The zero-order valence-corrected chi connectivity index (χ0v) is 15.8.